The number of hydrogen-bond donors (Lipinski definition) is 2. The standard InChI is InChI=1S/C26H25NO4S/c1-23(2)18-13-14-24(23)15-32(31)27-26(24)20(21(28)17-11-7-4-8-12-17)19(22(29)25(18,26)30)16-9-5-3-6-10-16/h3-12,18,27,30H,13-15H2,1-2H3/t18-,24-,25-,26-,32?/m0/s1. The van der Waals surface area contributed by atoms with Crippen LogP contribution in [0.3, 0.4) is 0 Å². The molecule has 2 aromatic carbocycles. The first-order valence-electron chi connectivity index (χ1n) is 11.1. The molecule has 4 aliphatic rings. The normalized spacial score (nSPS) is 38.8. The van der Waals surface area contributed by atoms with Gasteiger partial charge in [-0.25, -0.2) is 8.93 Å². The highest BCUT2D eigenvalue weighted by Gasteiger charge is 2.90. The quantitative estimate of drug-likeness (QED) is 0.709. The van der Waals surface area contributed by atoms with Crippen LogP contribution < -0.4 is 4.72 Å². The first-order valence-corrected chi connectivity index (χ1v) is 12.4. The fraction of sp³-hybridized carbons (Fsp3) is 0.385. The third kappa shape index (κ3) is 1.93. The van der Waals surface area contributed by atoms with Crippen molar-refractivity contribution in [2.45, 2.75) is 37.8 Å². The predicted octanol–water partition coefficient (Wildman–Crippen LogP) is 3.08. The van der Waals surface area contributed by atoms with E-state index in [9.17, 15) is 18.9 Å². The van der Waals surface area contributed by atoms with Crippen LogP contribution in [0.15, 0.2) is 66.2 Å². The third-order valence-corrected chi connectivity index (χ3v) is 10.2. The van der Waals surface area contributed by atoms with Crippen molar-refractivity contribution in [2.24, 2.45) is 16.7 Å². The maximum absolute atomic E-state index is 14.2. The van der Waals surface area contributed by atoms with Gasteiger partial charge in [0.05, 0.1) is 11.0 Å². The lowest BCUT2D eigenvalue weighted by Crippen LogP contribution is -2.68. The van der Waals surface area contributed by atoms with E-state index < -0.39 is 38.7 Å². The zero-order chi connectivity index (χ0) is 22.5. The Morgan fingerprint density at radius 1 is 1.06 bits per heavy atom. The number of carbonyl (C=O) groups excluding carboxylic acids is 2. The zero-order valence-corrected chi connectivity index (χ0v) is 18.9. The molecule has 1 saturated heterocycles. The van der Waals surface area contributed by atoms with Gasteiger partial charge >= 0.3 is 0 Å². The van der Waals surface area contributed by atoms with Crippen LogP contribution in [-0.2, 0) is 15.8 Å². The van der Waals surface area contributed by atoms with Crippen molar-refractivity contribution >= 4 is 28.1 Å². The summed E-state index contributed by atoms with van der Waals surface area (Å²) in [5, 5.41) is 12.4. The van der Waals surface area contributed by atoms with Crippen molar-refractivity contribution in [3.05, 3.63) is 77.4 Å². The van der Waals surface area contributed by atoms with Crippen LogP contribution in [-0.4, -0.2) is 37.8 Å². The Bertz CT molecular complexity index is 1240. The summed E-state index contributed by atoms with van der Waals surface area (Å²) in [6.45, 7) is 4.12. The maximum Gasteiger partial charge on any atom is 0.198 e. The highest BCUT2D eigenvalue weighted by Crippen LogP contribution is 2.79. The van der Waals surface area contributed by atoms with Crippen LogP contribution in [0, 0.1) is 16.7 Å². The Hall–Kier alpha value is -2.41. The Morgan fingerprint density at radius 3 is 2.34 bits per heavy atom. The predicted molar refractivity (Wildman–Crippen MR) is 122 cm³/mol. The molecule has 0 radical (unpaired) electrons. The van der Waals surface area contributed by atoms with E-state index in [4.69, 9.17) is 0 Å². The number of fused-ring (bicyclic) bond motifs is 2. The van der Waals surface area contributed by atoms with Gasteiger partial charge in [-0.2, -0.15) is 0 Å². The zero-order valence-electron chi connectivity index (χ0n) is 18.1. The SMILES string of the molecule is CC1(C)[C@@H]2CC[C@]13CS(=O)N[C@@]31C(C(=O)c3ccccc3)=C(c3ccccc3)C(=O)[C@@]21O. The molecule has 6 rings (SSSR count). The second kappa shape index (κ2) is 6.13. The molecule has 5 nitrogen and oxygen atoms in total. The summed E-state index contributed by atoms with van der Waals surface area (Å²) in [5.41, 5.74) is -2.68. The van der Waals surface area contributed by atoms with Crippen molar-refractivity contribution in [3.8, 4) is 0 Å². The molecule has 3 fully saturated rings. The van der Waals surface area contributed by atoms with Crippen molar-refractivity contribution in [3.63, 3.8) is 0 Å². The molecular formula is C26H25NO4S. The summed E-state index contributed by atoms with van der Waals surface area (Å²) in [6, 6.07) is 18.0. The summed E-state index contributed by atoms with van der Waals surface area (Å²) < 4.78 is 16.3. The first kappa shape index (κ1) is 20.2. The van der Waals surface area contributed by atoms with Crippen molar-refractivity contribution in [1.29, 1.82) is 0 Å². The minimum absolute atomic E-state index is 0.264. The van der Waals surface area contributed by atoms with Gasteiger partial charge in [-0.15, -0.1) is 0 Å². The number of hydrogen-bond acceptors (Lipinski definition) is 4. The minimum atomic E-state index is -1.81. The summed E-state index contributed by atoms with van der Waals surface area (Å²) in [7, 11) is -1.47. The monoisotopic (exact) mass is 447 g/mol. The van der Waals surface area contributed by atoms with Crippen LogP contribution in [0.1, 0.15) is 42.6 Å². The Labute approximate surface area is 189 Å². The van der Waals surface area contributed by atoms with E-state index in [0.29, 0.717) is 29.7 Å². The lowest BCUT2D eigenvalue weighted by Gasteiger charge is -2.48. The van der Waals surface area contributed by atoms with E-state index in [1.165, 1.54) is 0 Å². The van der Waals surface area contributed by atoms with Crippen molar-refractivity contribution < 1.29 is 18.9 Å². The molecule has 0 amide bonds. The highest BCUT2D eigenvalue weighted by atomic mass is 32.2. The van der Waals surface area contributed by atoms with Gasteiger partial charge in [-0.3, -0.25) is 9.59 Å². The van der Waals surface area contributed by atoms with E-state index >= 15 is 0 Å². The molecule has 1 aliphatic heterocycles. The average Bonchev–Trinajstić information content (AvgIpc) is 3.36. The number of benzene rings is 2. The lowest BCUT2D eigenvalue weighted by atomic mass is 9.58. The fourth-order valence-electron chi connectivity index (χ4n) is 7.61. The summed E-state index contributed by atoms with van der Waals surface area (Å²) in [6.07, 6.45) is 1.39. The van der Waals surface area contributed by atoms with E-state index in [1.54, 1.807) is 36.4 Å². The molecule has 1 unspecified atom stereocenters. The molecule has 2 N–H and O–H groups in total. The van der Waals surface area contributed by atoms with Gasteiger partial charge in [0, 0.05) is 33.8 Å². The molecule has 2 saturated carbocycles. The Balaban J connectivity index is 1.73. The highest BCUT2D eigenvalue weighted by molar-refractivity contribution is 7.83. The van der Waals surface area contributed by atoms with Gasteiger partial charge in [0.15, 0.2) is 17.2 Å². The topological polar surface area (TPSA) is 83.5 Å². The molecule has 6 heteroatoms. The molecule has 2 aromatic rings. The van der Waals surface area contributed by atoms with Gasteiger partial charge in [0.2, 0.25) is 0 Å². The van der Waals surface area contributed by atoms with Gasteiger partial charge in [0.1, 0.15) is 5.54 Å². The van der Waals surface area contributed by atoms with E-state index in [2.05, 4.69) is 18.6 Å². The Morgan fingerprint density at radius 2 is 1.69 bits per heavy atom. The van der Waals surface area contributed by atoms with Gasteiger partial charge in [0.25, 0.3) is 0 Å². The van der Waals surface area contributed by atoms with E-state index in [-0.39, 0.29) is 22.8 Å². The van der Waals surface area contributed by atoms with Gasteiger partial charge in [-0.05, 0) is 23.8 Å². The van der Waals surface area contributed by atoms with Crippen molar-refractivity contribution in [2.75, 3.05) is 5.75 Å². The molecule has 0 aromatic heterocycles. The molecular weight excluding hydrogens is 422 g/mol. The smallest absolute Gasteiger partial charge is 0.198 e. The number of carbonyl (C=O) groups is 2. The van der Waals surface area contributed by atoms with Crippen LogP contribution in [0.2, 0.25) is 0 Å². The number of rotatable bonds is 3. The lowest BCUT2D eigenvalue weighted by molar-refractivity contribution is -0.143. The van der Waals surface area contributed by atoms with Gasteiger partial charge < -0.3 is 5.11 Å². The molecule has 32 heavy (non-hydrogen) atoms. The molecule has 2 bridgehead atoms. The number of ketones is 2. The fourth-order valence-corrected chi connectivity index (χ4v) is 9.65. The first-order chi connectivity index (χ1) is 15.2. The number of Topliss-reactive ketones (excluding diaryl/α,β-unsaturated/α-hetero) is 2. The Kier molecular flexibility index (Phi) is 3.87. The molecule has 2 spiro atoms. The molecule has 3 aliphatic carbocycles. The minimum Gasteiger partial charge on any atom is -0.379 e. The van der Waals surface area contributed by atoms with Crippen molar-refractivity contribution in [1.82, 2.24) is 4.72 Å². The second-order valence-corrected chi connectivity index (χ2v) is 11.3. The van der Waals surface area contributed by atoms with Crippen LogP contribution in [0.25, 0.3) is 5.57 Å². The van der Waals surface area contributed by atoms with E-state index in [1.807, 2.05) is 24.3 Å². The molecule has 5 atom stereocenters. The van der Waals surface area contributed by atoms with Crippen LogP contribution in [0.4, 0.5) is 0 Å². The third-order valence-electron chi connectivity index (χ3n) is 8.93. The summed E-state index contributed by atoms with van der Waals surface area (Å²) in [5.74, 6) is -0.719. The average molecular weight is 448 g/mol. The maximum atomic E-state index is 14.2. The summed E-state index contributed by atoms with van der Waals surface area (Å²) >= 11 is 0. The number of aliphatic hydroxyl groups is 1. The summed E-state index contributed by atoms with van der Waals surface area (Å²) in [4.78, 5) is 28.3. The van der Waals surface area contributed by atoms with Crippen LogP contribution >= 0.6 is 0 Å². The second-order valence-electron chi connectivity index (χ2n) is 10.1. The molecule has 1 heterocycles. The number of nitrogens with one attached hydrogen (secondary N) is 1. The van der Waals surface area contributed by atoms with Crippen LogP contribution in [0.5, 0.6) is 0 Å². The van der Waals surface area contributed by atoms with E-state index in [0.717, 1.165) is 0 Å². The largest absolute Gasteiger partial charge is 0.379 e. The van der Waals surface area contributed by atoms with Gasteiger partial charge in [-0.1, -0.05) is 74.5 Å². The molecule has 164 valence electrons.